The zero-order valence-electron chi connectivity index (χ0n) is 14.5. The van der Waals surface area contributed by atoms with E-state index in [1.165, 1.54) is 18.2 Å². The molecule has 0 aliphatic carbocycles. The van der Waals surface area contributed by atoms with Crippen LogP contribution in [0.15, 0.2) is 36.4 Å². The maximum Gasteiger partial charge on any atom is 0.489 e. The van der Waals surface area contributed by atoms with Crippen LogP contribution in [0.3, 0.4) is 0 Å². The lowest BCUT2D eigenvalue weighted by Crippen LogP contribution is -2.35. The fourth-order valence-corrected chi connectivity index (χ4v) is 3.25. The first kappa shape index (κ1) is 18.2. The van der Waals surface area contributed by atoms with E-state index in [1.54, 1.807) is 12.0 Å². The molecule has 1 amide bonds. The lowest BCUT2D eigenvalue weighted by Gasteiger charge is -2.24. The Morgan fingerprint density at radius 3 is 2.69 bits per heavy atom. The van der Waals surface area contributed by atoms with Crippen molar-refractivity contribution in [2.24, 2.45) is 0 Å². The topological polar surface area (TPSA) is 87.1 Å². The third-order valence-corrected chi connectivity index (χ3v) is 4.65. The number of carbonyl (C=O) groups is 2. The molecule has 0 saturated heterocycles. The normalized spacial score (nSPS) is 13.6. The molecule has 1 aliphatic rings. The number of hydrogen-bond donors (Lipinski definition) is 2. The van der Waals surface area contributed by atoms with Crippen LogP contribution in [0, 0.1) is 0 Å². The van der Waals surface area contributed by atoms with E-state index in [1.807, 2.05) is 18.2 Å². The molecule has 1 heterocycles. The molecule has 0 saturated carbocycles. The molecule has 6 nitrogen and oxygen atoms in total. The average molecular weight is 353 g/mol. The standard InChI is InChI=1S/C19H20BNO5/c1-26-16-7-5-13-4-2-3-9-21(18(13)11-16)19(23)14-6-8-17(20(24)25)15(10-14)12-22/h5-8,10-12,24-25H,2-4,9H2,1H3. The van der Waals surface area contributed by atoms with Crippen LogP contribution in [0.4, 0.5) is 5.69 Å². The molecule has 0 fully saturated rings. The Morgan fingerprint density at radius 2 is 2.00 bits per heavy atom. The van der Waals surface area contributed by atoms with E-state index in [-0.39, 0.29) is 16.9 Å². The van der Waals surface area contributed by atoms with Gasteiger partial charge >= 0.3 is 7.12 Å². The molecule has 7 heteroatoms. The highest BCUT2D eigenvalue weighted by Gasteiger charge is 2.24. The van der Waals surface area contributed by atoms with E-state index in [2.05, 4.69) is 0 Å². The minimum atomic E-state index is -1.76. The third kappa shape index (κ3) is 3.49. The Hall–Kier alpha value is -2.64. The third-order valence-electron chi connectivity index (χ3n) is 4.65. The van der Waals surface area contributed by atoms with Crippen molar-refractivity contribution in [3.05, 3.63) is 53.1 Å². The van der Waals surface area contributed by atoms with E-state index < -0.39 is 7.12 Å². The molecule has 0 radical (unpaired) electrons. The number of benzene rings is 2. The largest absolute Gasteiger partial charge is 0.497 e. The Morgan fingerprint density at radius 1 is 1.19 bits per heavy atom. The molecule has 3 rings (SSSR count). The van der Waals surface area contributed by atoms with Gasteiger partial charge in [-0.15, -0.1) is 0 Å². The number of amides is 1. The van der Waals surface area contributed by atoms with Crippen LogP contribution < -0.4 is 15.1 Å². The summed E-state index contributed by atoms with van der Waals surface area (Å²) in [5.41, 5.74) is 2.38. The number of carbonyl (C=O) groups excluding carboxylic acids is 2. The Labute approximate surface area is 152 Å². The molecule has 0 spiro atoms. The number of nitrogens with zero attached hydrogens (tertiary/aromatic N) is 1. The molecular formula is C19H20BNO5. The summed E-state index contributed by atoms with van der Waals surface area (Å²) in [5.74, 6) is 0.444. The van der Waals surface area contributed by atoms with Gasteiger partial charge in [-0.25, -0.2) is 0 Å². The average Bonchev–Trinajstić information content (AvgIpc) is 2.88. The van der Waals surface area contributed by atoms with E-state index in [0.29, 0.717) is 24.1 Å². The van der Waals surface area contributed by atoms with Gasteiger partial charge in [-0.3, -0.25) is 9.59 Å². The number of hydrogen-bond acceptors (Lipinski definition) is 5. The van der Waals surface area contributed by atoms with Gasteiger partial charge in [0.05, 0.1) is 12.8 Å². The Balaban J connectivity index is 2.01. The van der Waals surface area contributed by atoms with Crippen molar-refractivity contribution in [3.8, 4) is 5.75 Å². The molecule has 0 bridgehead atoms. The van der Waals surface area contributed by atoms with Gasteiger partial charge in [-0.2, -0.15) is 0 Å². The van der Waals surface area contributed by atoms with Crippen LogP contribution in [0.2, 0.25) is 0 Å². The molecule has 2 N–H and O–H groups in total. The molecule has 0 unspecified atom stereocenters. The van der Waals surface area contributed by atoms with Crippen molar-refractivity contribution in [2.75, 3.05) is 18.6 Å². The number of anilines is 1. The quantitative estimate of drug-likeness (QED) is 0.637. The minimum absolute atomic E-state index is 0.0782. The molecule has 26 heavy (non-hydrogen) atoms. The maximum atomic E-state index is 13.1. The van der Waals surface area contributed by atoms with E-state index in [0.717, 1.165) is 30.5 Å². The summed E-state index contributed by atoms with van der Waals surface area (Å²) in [6.45, 7) is 0.569. The number of aryl methyl sites for hydroxylation is 1. The fraction of sp³-hybridized carbons (Fsp3) is 0.263. The van der Waals surface area contributed by atoms with Crippen LogP contribution in [-0.2, 0) is 6.42 Å². The highest BCUT2D eigenvalue weighted by Crippen LogP contribution is 2.31. The van der Waals surface area contributed by atoms with Gasteiger partial charge in [0, 0.05) is 23.7 Å². The number of aldehydes is 1. The highest BCUT2D eigenvalue weighted by molar-refractivity contribution is 6.60. The number of ether oxygens (including phenoxy) is 1. The van der Waals surface area contributed by atoms with Crippen molar-refractivity contribution in [1.82, 2.24) is 0 Å². The van der Waals surface area contributed by atoms with Crippen LogP contribution in [0.25, 0.3) is 0 Å². The van der Waals surface area contributed by atoms with Crippen molar-refractivity contribution < 1.29 is 24.4 Å². The maximum absolute atomic E-state index is 13.1. The van der Waals surface area contributed by atoms with E-state index in [9.17, 15) is 19.6 Å². The lowest BCUT2D eigenvalue weighted by atomic mass is 9.77. The highest BCUT2D eigenvalue weighted by atomic mass is 16.5. The molecule has 0 aromatic heterocycles. The van der Waals surface area contributed by atoms with Gasteiger partial charge in [0.25, 0.3) is 5.91 Å². The summed E-state index contributed by atoms with van der Waals surface area (Å²) in [7, 11) is -0.178. The van der Waals surface area contributed by atoms with Crippen LogP contribution in [0.5, 0.6) is 5.75 Å². The number of fused-ring (bicyclic) bond motifs is 1. The fourth-order valence-electron chi connectivity index (χ4n) is 3.25. The van der Waals surface area contributed by atoms with Crippen LogP contribution >= 0.6 is 0 Å². The van der Waals surface area contributed by atoms with Crippen molar-refractivity contribution in [3.63, 3.8) is 0 Å². The summed E-state index contributed by atoms with van der Waals surface area (Å²) in [4.78, 5) is 26.1. The number of methoxy groups -OCH3 is 1. The van der Waals surface area contributed by atoms with Gasteiger partial charge in [-0.1, -0.05) is 12.1 Å². The Kier molecular flexibility index (Phi) is 5.39. The first-order valence-electron chi connectivity index (χ1n) is 8.49. The number of rotatable bonds is 4. The molecule has 0 atom stereocenters. The van der Waals surface area contributed by atoms with Crippen LogP contribution in [0.1, 0.15) is 39.1 Å². The predicted octanol–water partition coefficient (Wildman–Crippen LogP) is 1.17. The second kappa shape index (κ2) is 7.72. The van der Waals surface area contributed by atoms with Crippen molar-refractivity contribution in [2.45, 2.75) is 19.3 Å². The molecular weight excluding hydrogens is 333 g/mol. The van der Waals surface area contributed by atoms with Gasteiger partial charge < -0.3 is 19.7 Å². The van der Waals surface area contributed by atoms with Crippen LogP contribution in [-0.4, -0.2) is 43.0 Å². The predicted molar refractivity (Wildman–Crippen MR) is 99.3 cm³/mol. The summed E-state index contributed by atoms with van der Waals surface area (Å²) >= 11 is 0. The summed E-state index contributed by atoms with van der Waals surface area (Å²) < 4.78 is 5.29. The molecule has 1 aliphatic heterocycles. The summed E-state index contributed by atoms with van der Waals surface area (Å²) in [6.07, 6.45) is 3.26. The molecule has 134 valence electrons. The SMILES string of the molecule is COc1ccc2c(c1)N(C(=O)c1ccc(B(O)O)c(C=O)c1)CCCC2. The van der Waals surface area contributed by atoms with Gasteiger partial charge in [-0.05, 0) is 48.5 Å². The molecule has 2 aromatic rings. The van der Waals surface area contributed by atoms with Crippen molar-refractivity contribution in [1.29, 1.82) is 0 Å². The van der Waals surface area contributed by atoms with Gasteiger partial charge in [0.1, 0.15) is 12.0 Å². The summed E-state index contributed by atoms with van der Waals surface area (Å²) in [6, 6.07) is 10.0. The van der Waals surface area contributed by atoms with Crippen molar-refractivity contribution >= 4 is 30.5 Å². The lowest BCUT2D eigenvalue weighted by molar-refractivity contribution is 0.0987. The minimum Gasteiger partial charge on any atom is -0.497 e. The monoisotopic (exact) mass is 353 g/mol. The van der Waals surface area contributed by atoms with Gasteiger partial charge in [0.15, 0.2) is 0 Å². The summed E-state index contributed by atoms with van der Waals surface area (Å²) in [5, 5.41) is 18.7. The van der Waals surface area contributed by atoms with E-state index in [4.69, 9.17) is 4.74 Å². The first-order chi connectivity index (χ1) is 12.5. The Bertz CT molecular complexity index is 837. The molecule has 2 aromatic carbocycles. The zero-order valence-corrected chi connectivity index (χ0v) is 14.5. The zero-order chi connectivity index (χ0) is 18.7. The van der Waals surface area contributed by atoms with Gasteiger partial charge in [0.2, 0.25) is 0 Å². The first-order valence-corrected chi connectivity index (χ1v) is 8.49. The smallest absolute Gasteiger partial charge is 0.489 e. The second-order valence-corrected chi connectivity index (χ2v) is 6.24. The van der Waals surface area contributed by atoms with E-state index >= 15 is 0 Å². The second-order valence-electron chi connectivity index (χ2n) is 6.24.